The van der Waals surface area contributed by atoms with E-state index in [1.807, 2.05) is 0 Å². The Morgan fingerprint density at radius 3 is 2.71 bits per heavy atom. The molecule has 94 valence electrons. The first-order valence-corrected chi connectivity index (χ1v) is 4.85. The molecule has 0 bridgehead atoms. The van der Waals surface area contributed by atoms with Crippen LogP contribution in [0.25, 0.3) is 0 Å². The molecule has 0 spiro atoms. The average Bonchev–Trinajstić information content (AvgIpc) is 2.28. The lowest BCUT2D eigenvalue weighted by Gasteiger charge is -2.10. The maximum atomic E-state index is 13.6. The molecule has 7 heteroatoms. The van der Waals surface area contributed by atoms with E-state index >= 15 is 0 Å². The van der Waals surface area contributed by atoms with Crippen LogP contribution in [0, 0.1) is 5.82 Å². The molecule has 1 rings (SSSR count). The third kappa shape index (κ3) is 2.73. The van der Waals surface area contributed by atoms with Gasteiger partial charge in [-0.2, -0.15) is 0 Å². The van der Waals surface area contributed by atoms with Gasteiger partial charge in [-0.1, -0.05) is 0 Å². The van der Waals surface area contributed by atoms with E-state index in [4.69, 9.17) is 5.73 Å². The van der Waals surface area contributed by atoms with Gasteiger partial charge in [0.05, 0.1) is 12.2 Å². The fraction of sp³-hybridized carbons (Fsp3) is 0.400. The maximum absolute atomic E-state index is 13.6. The molecule has 4 nitrogen and oxygen atoms in total. The molecule has 0 aliphatic heterocycles. The second-order valence-corrected chi connectivity index (χ2v) is 3.07. The summed E-state index contributed by atoms with van der Waals surface area (Å²) in [5.41, 5.74) is 3.68. The van der Waals surface area contributed by atoms with Gasteiger partial charge < -0.3 is 10.5 Å². The Hall–Kier alpha value is -1.63. The summed E-state index contributed by atoms with van der Waals surface area (Å²) in [7, 11) is 0. The quantitative estimate of drug-likeness (QED) is 0.825. The molecule has 0 atom stereocenters. The van der Waals surface area contributed by atoms with Crippen LogP contribution < -0.4 is 5.73 Å². The molecule has 0 amide bonds. The van der Waals surface area contributed by atoms with Gasteiger partial charge in [-0.3, -0.25) is 4.98 Å². The highest BCUT2D eigenvalue weighted by molar-refractivity contribution is 5.90. The van der Waals surface area contributed by atoms with Crippen LogP contribution in [0.2, 0.25) is 0 Å². The van der Waals surface area contributed by atoms with Crippen molar-refractivity contribution in [2.24, 2.45) is 5.73 Å². The number of carbonyl (C=O) groups is 1. The highest BCUT2D eigenvalue weighted by Crippen LogP contribution is 2.24. The summed E-state index contributed by atoms with van der Waals surface area (Å²) in [6, 6.07) is 0. The van der Waals surface area contributed by atoms with E-state index in [0.29, 0.717) is 0 Å². The Labute approximate surface area is 95.6 Å². The number of esters is 1. The Morgan fingerprint density at radius 2 is 2.24 bits per heavy atom. The number of nitrogens with two attached hydrogens (primary N) is 1. The standard InChI is InChI=1S/C10H11F3N2O2/c1-2-17-10(16)6-4-15-8(9(12)13)7(11)5(6)3-14/h4,9H,2-3,14H2,1H3. The summed E-state index contributed by atoms with van der Waals surface area (Å²) >= 11 is 0. The normalized spacial score (nSPS) is 10.7. The highest BCUT2D eigenvalue weighted by Gasteiger charge is 2.23. The van der Waals surface area contributed by atoms with Gasteiger partial charge in [0.2, 0.25) is 0 Å². The van der Waals surface area contributed by atoms with E-state index < -0.39 is 23.9 Å². The van der Waals surface area contributed by atoms with Gasteiger partial charge in [-0.15, -0.1) is 0 Å². The van der Waals surface area contributed by atoms with Crippen LogP contribution >= 0.6 is 0 Å². The Kier molecular flexibility index (Phi) is 4.45. The molecule has 0 radical (unpaired) electrons. The predicted molar refractivity (Wildman–Crippen MR) is 53.0 cm³/mol. The molecule has 0 aliphatic carbocycles. The van der Waals surface area contributed by atoms with E-state index in [1.54, 1.807) is 6.92 Å². The van der Waals surface area contributed by atoms with E-state index in [2.05, 4.69) is 9.72 Å². The Morgan fingerprint density at radius 1 is 1.59 bits per heavy atom. The van der Waals surface area contributed by atoms with Crippen LogP contribution in [-0.4, -0.2) is 17.6 Å². The summed E-state index contributed by atoms with van der Waals surface area (Å²) in [5.74, 6) is -2.09. The third-order valence-electron chi connectivity index (χ3n) is 2.05. The van der Waals surface area contributed by atoms with Crippen molar-refractivity contribution in [2.45, 2.75) is 19.9 Å². The summed E-state index contributed by atoms with van der Waals surface area (Å²) < 4.78 is 42.9. The topological polar surface area (TPSA) is 65.2 Å². The van der Waals surface area contributed by atoms with E-state index in [-0.39, 0.29) is 24.3 Å². The number of hydrogen-bond acceptors (Lipinski definition) is 4. The van der Waals surface area contributed by atoms with Crippen LogP contribution in [0.15, 0.2) is 6.20 Å². The lowest BCUT2D eigenvalue weighted by molar-refractivity contribution is 0.0522. The van der Waals surface area contributed by atoms with Crippen LogP contribution in [0.5, 0.6) is 0 Å². The van der Waals surface area contributed by atoms with Gasteiger partial charge in [0, 0.05) is 18.3 Å². The molecule has 1 heterocycles. The van der Waals surface area contributed by atoms with Crippen LogP contribution in [0.4, 0.5) is 13.2 Å². The van der Waals surface area contributed by atoms with Crippen molar-refractivity contribution in [3.05, 3.63) is 28.8 Å². The van der Waals surface area contributed by atoms with Crippen molar-refractivity contribution in [3.8, 4) is 0 Å². The number of hydrogen-bond donors (Lipinski definition) is 1. The summed E-state index contributed by atoms with van der Waals surface area (Å²) in [5, 5.41) is 0. The number of aromatic nitrogens is 1. The van der Waals surface area contributed by atoms with Crippen molar-refractivity contribution >= 4 is 5.97 Å². The van der Waals surface area contributed by atoms with Gasteiger partial charge in [0.1, 0.15) is 5.69 Å². The molecule has 0 aromatic carbocycles. The first-order valence-electron chi connectivity index (χ1n) is 4.85. The zero-order valence-electron chi connectivity index (χ0n) is 9.04. The number of halogens is 3. The zero-order valence-corrected chi connectivity index (χ0v) is 9.04. The summed E-state index contributed by atoms with van der Waals surface area (Å²) in [4.78, 5) is 14.6. The van der Waals surface area contributed by atoms with Gasteiger partial charge in [0.25, 0.3) is 6.43 Å². The first kappa shape index (κ1) is 13.4. The molecule has 1 aromatic heterocycles. The molecule has 0 unspecified atom stereocenters. The van der Waals surface area contributed by atoms with Crippen LogP contribution in [-0.2, 0) is 11.3 Å². The number of alkyl halides is 2. The molecule has 0 saturated heterocycles. The minimum Gasteiger partial charge on any atom is -0.462 e. The Balaban J connectivity index is 3.25. The molecule has 0 aliphatic rings. The lowest BCUT2D eigenvalue weighted by Crippen LogP contribution is -2.15. The molecule has 2 N–H and O–H groups in total. The van der Waals surface area contributed by atoms with Gasteiger partial charge in [0.15, 0.2) is 5.82 Å². The van der Waals surface area contributed by atoms with Crippen molar-refractivity contribution in [1.29, 1.82) is 0 Å². The van der Waals surface area contributed by atoms with E-state index in [9.17, 15) is 18.0 Å². The van der Waals surface area contributed by atoms with Gasteiger partial charge in [-0.05, 0) is 6.92 Å². The zero-order chi connectivity index (χ0) is 13.0. The number of carbonyl (C=O) groups excluding carboxylic acids is 1. The number of ether oxygens (including phenoxy) is 1. The lowest BCUT2D eigenvalue weighted by atomic mass is 10.1. The first-order chi connectivity index (χ1) is 8.02. The van der Waals surface area contributed by atoms with Crippen LogP contribution in [0.1, 0.15) is 35.0 Å². The molecule has 17 heavy (non-hydrogen) atoms. The number of nitrogens with zero attached hydrogens (tertiary/aromatic N) is 1. The SMILES string of the molecule is CCOC(=O)c1cnc(C(F)F)c(F)c1CN. The fourth-order valence-electron chi connectivity index (χ4n) is 1.28. The molecule has 1 aromatic rings. The maximum Gasteiger partial charge on any atom is 0.340 e. The molecule has 0 saturated carbocycles. The smallest absolute Gasteiger partial charge is 0.340 e. The largest absolute Gasteiger partial charge is 0.462 e. The Bertz CT molecular complexity index is 424. The second kappa shape index (κ2) is 5.62. The van der Waals surface area contributed by atoms with Crippen molar-refractivity contribution in [2.75, 3.05) is 6.61 Å². The second-order valence-electron chi connectivity index (χ2n) is 3.07. The predicted octanol–water partition coefficient (Wildman–Crippen LogP) is 1.79. The van der Waals surface area contributed by atoms with Crippen LogP contribution in [0.3, 0.4) is 0 Å². The van der Waals surface area contributed by atoms with Gasteiger partial charge in [-0.25, -0.2) is 18.0 Å². The van der Waals surface area contributed by atoms with E-state index in [0.717, 1.165) is 6.20 Å². The number of rotatable bonds is 4. The monoisotopic (exact) mass is 248 g/mol. The third-order valence-corrected chi connectivity index (χ3v) is 2.05. The molecular formula is C10H11F3N2O2. The minimum atomic E-state index is -3.06. The van der Waals surface area contributed by atoms with E-state index in [1.165, 1.54) is 0 Å². The fourth-order valence-corrected chi connectivity index (χ4v) is 1.28. The minimum absolute atomic E-state index is 0.0844. The average molecular weight is 248 g/mol. The number of pyridine rings is 1. The van der Waals surface area contributed by atoms with Crippen molar-refractivity contribution in [1.82, 2.24) is 4.98 Å². The highest BCUT2D eigenvalue weighted by atomic mass is 19.3. The van der Waals surface area contributed by atoms with Crippen molar-refractivity contribution < 1.29 is 22.7 Å². The molecule has 0 fully saturated rings. The summed E-state index contributed by atoms with van der Waals surface area (Å²) in [6.07, 6.45) is -2.21. The van der Waals surface area contributed by atoms with Gasteiger partial charge >= 0.3 is 5.97 Å². The molecular weight excluding hydrogens is 237 g/mol. The summed E-state index contributed by atoms with van der Waals surface area (Å²) in [6.45, 7) is 1.26. The van der Waals surface area contributed by atoms with Crippen molar-refractivity contribution in [3.63, 3.8) is 0 Å².